The number of hydrogen-bond donors (Lipinski definition) is 1. The van der Waals surface area contributed by atoms with Crippen LogP contribution in [0.5, 0.6) is 0 Å². The summed E-state index contributed by atoms with van der Waals surface area (Å²) in [6, 6.07) is 6.92. The van der Waals surface area contributed by atoms with E-state index in [0.717, 1.165) is 13.1 Å². The molecule has 0 saturated heterocycles. The van der Waals surface area contributed by atoms with Crippen molar-refractivity contribution in [3.05, 3.63) is 34.9 Å². The molecule has 0 aliphatic heterocycles. The van der Waals surface area contributed by atoms with Crippen molar-refractivity contribution < 1.29 is 9.53 Å². The van der Waals surface area contributed by atoms with Crippen molar-refractivity contribution in [3.63, 3.8) is 0 Å². The van der Waals surface area contributed by atoms with Gasteiger partial charge in [-0.3, -0.25) is 4.79 Å². The molecule has 0 bridgehead atoms. The Morgan fingerprint density at radius 2 is 2.22 bits per heavy atom. The lowest BCUT2D eigenvalue weighted by Crippen LogP contribution is -2.34. The summed E-state index contributed by atoms with van der Waals surface area (Å²) < 4.78 is 4.98. The van der Waals surface area contributed by atoms with Crippen molar-refractivity contribution in [3.8, 4) is 0 Å². The van der Waals surface area contributed by atoms with Crippen LogP contribution in [-0.4, -0.2) is 51.2 Å². The summed E-state index contributed by atoms with van der Waals surface area (Å²) >= 11 is 5.83. The molecular formula is C13H19ClN2O2. The number of likely N-dealkylation sites (N-methyl/N-ethyl adjacent to an activating group) is 1. The Labute approximate surface area is 113 Å². The van der Waals surface area contributed by atoms with Crippen LogP contribution in [0.3, 0.4) is 0 Å². The number of rotatable bonds is 7. The molecule has 1 N–H and O–H groups in total. The van der Waals surface area contributed by atoms with Crippen molar-refractivity contribution in [1.82, 2.24) is 10.2 Å². The van der Waals surface area contributed by atoms with Crippen LogP contribution in [0.4, 0.5) is 0 Å². The Kier molecular flexibility index (Phi) is 6.72. The molecule has 100 valence electrons. The van der Waals surface area contributed by atoms with Crippen LogP contribution in [0, 0.1) is 0 Å². The summed E-state index contributed by atoms with van der Waals surface area (Å²) in [4.78, 5) is 13.9. The van der Waals surface area contributed by atoms with Gasteiger partial charge in [0.1, 0.15) is 0 Å². The van der Waals surface area contributed by atoms with Crippen molar-refractivity contribution in [1.29, 1.82) is 0 Å². The van der Waals surface area contributed by atoms with Crippen LogP contribution in [0.1, 0.15) is 10.4 Å². The predicted molar refractivity (Wildman–Crippen MR) is 73.2 cm³/mol. The summed E-state index contributed by atoms with van der Waals surface area (Å²) in [6.07, 6.45) is 0. The molecule has 1 amide bonds. The molecule has 0 saturated carbocycles. The van der Waals surface area contributed by atoms with Gasteiger partial charge in [0.2, 0.25) is 0 Å². The highest BCUT2D eigenvalue weighted by molar-refractivity contribution is 6.30. The number of carbonyl (C=O) groups excluding carboxylic acids is 1. The molecule has 4 nitrogen and oxygen atoms in total. The van der Waals surface area contributed by atoms with E-state index >= 15 is 0 Å². The topological polar surface area (TPSA) is 41.6 Å². The number of benzene rings is 1. The van der Waals surface area contributed by atoms with Crippen LogP contribution < -0.4 is 5.32 Å². The molecule has 18 heavy (non-hydrogen) atoms. The summed E-state index contributed by atoms with van der Waals surface area (Å²) in [5.41, 5.74) is 0.585. The van der Waals surface area contributed by atoms with E-state index in [-0.39, 0.29) is 5.91 Å². The molecule has 1 rings (SSSR count). The Balaban J connectivity index is 2.29. The predicted octanol–water partition coefficient (Wildman–Crippen LogP) is 1.65. The number of amides is 1. The van der Waals surface area contributed by atoms with Crippen molar-refractivity contribution in [2.45, 2.75) is 0 Å². The largest absolute Gasteiger partial charge is 0.383 e. The molecule has 1 aromatic rings. The molecule has 1 aromatic carbocycles. The molecule has 0 aliphatic rings. The molecule has 0 aromatic heterocycles. The molecule has 0 fully saturated rings. The summed E-state index contributed by atoms with van der Waals surface area (Å²) in [5, 5.41) is 3.42. The van der Waals surface area contributed by atoms with Gasteiger partial charge < -0.3 is 15.0 Å². The van der Waals surface area contributed by atoms with E-state index < -0.39 is 0 Å². The fourth-order valence-corrected chi connectivity index (χ4v) is 1.64. The highest BCUT2D eigenvalue weighted by atomic mass is 35.5. The summed E-state index contributed by atoms with van der Waals surface area (Å²) in [7, 11) is 3.67. The van der Waals surface area contributed by atoms with Crippen molar-refractivity contribution in [2.24, 2.45) is 0 Å². The molecule has 0 heterocycles. The number of nitrogens with zero attached hydrogens (tertiary/aromatic N) is 1. The Bertz CT molecular complexity index is 385. The normalized spacial score (nSPS) is 10.7. The van der Waals surface area contributed by atoms with E-state index in [1.807, 2.05) is 7.05 Å². The average molecular weight is 271 g/mol. The van der Waals surface area contributed by atoms with Crippen LogP contribution in [-0.2, 0) is 4.74 Å². The fourth-order valence-electron chi connectivity index (χ4n) is 1.45. The third-order valence-electron chi connectivity index (χ3n) is 2.54. The van der Waals surface area contributed by atoms with Crippen LogP contribution in [0.15, 0.2) is 24.3 Å². The third kappa shape index (κ3) is 5.49. The second-order valence-corrected chi connectivity index (χ2v) is 4.50. The Morgan fingerprint density at radius 3 is 2.89 bits per heavy atom. The highest BCUT2D eigenvalue weighted by Gasteiger charge is 2.05. The lowest BCUT2D eigenvalue weighted by molar-refractivity contribution is 0.0947. The fraction of sp³-hybridized carbons (Fsp3) is 0.462. The van der Waals surface area contributed by atoms with Crippen molar-refractivity contribution >= 4 is 17.5 Å². The maximum absolute atomic E-state index is 11.8. The molecule has 0 aliphatic carbocycles. The molecular weight excluding hydrogens is 252 g/mol. The monoisotopic (exact) mass is 270 g/mol. The second kappa shape index (κ2) is 8.08. The number of halogens is 1. The van der Waals surface area contributed by atoms with Gasteiger partial charge in [-0.25, -0.2) is 0 Å². The lowest BCUT2D eigenvalue weighted by Gasteiger charge is -2.16. The average Bonchev–Trinajstić information content (AvgIpc) is 2.36. The van der Waals surface area contributed by atoms with Gasteiger partial charge in [-0.1, -0.05) is 17.7 Å². The van der Waals surface area contributed by atoms with E-state index in [2.05, 4.69) is 10.2 Å². The zero-order valence-corrected chi connectivity index (χ0v) is 11.5. The summed E-state index contributed by atoms with van der Waals surface area (Å²) in [6.45, 7) is 2.93. The van der Waals surface area contributed by atoms with Gasteiger partial charge >= 0.3 is 0 Å². The molecule has 0 unspecified atom stereocenters. The van der Waals surface area contributed by atoms with Crippen LogP contribution in [0.2, 0.25) is 5.02 Å². The van der Waals surface area contributed by atoms with Gasteiger partial charge in [0.15, 0.2) is 0 Å². The van der Waals surface area contributed by atoms with Gasteiger partial charge in [-0.05, 0) is 25.2 Å². The SMILES string of the molecule is COCCN(C)CCNC(=O)c1cccc(Cl)c1. The number of ether oxygens (including phenoxy) is 1. The van der Waals surface area contributed by atoms with Gasteiger partial charge in [0.25, 0.3) is 5.91 Å². The first-order valence-electron chi connectivity index (χ1n) is 5.84. The smallest absolute Gasteiger partial charge is 0.251 e. The first-order chi connectivity index (χ1) is 8.63. The van der Waals surface area contributed by atoms with Crippen molar-refractivity contribution in [2.75, 3.05) is 40.4 Å². The van der Waals surface area contributed by atoms with Gasteiger partial charge in [0.05, 0.1) is 6.61 Å². The maximum Gasteiger partial charge on any atom is 0.251 e. The van der Waals surface area contributed by atoms with E-state index in [1.165, 1.54) is 0 Å². The molecule has 0 atom stereocenters. The Hall–Kier alpha value is -1.10. The van der Waals surface area contributed by atoms with Gasteiger partial charge in [0, 0.05) is 37.3 Å². The van der Waals surface area contributed by atoms with Crippen LogP contribution in [0.25, 0.3) is 0 Å². The zero-order chi connectivity index (χ0) is 13.4. The van der Waals surface area contributed by atoms with Crippen LogP contribution >= 0.6 is 11.6 Å². The minimum absolute atomic E-state index is 0.0994. The van der Waals surface area contributed by atoms with E-state index in [4.69, 9.17) is 16.3 Å². The molecule has 5 heteroatoms. The lowest BCUT2D eigenvalue weighted by atomic mass is 10.2. The van der Waals surface area contributed by atoms with Gasteiger partial charge in [-0.2, -0.15) is 0 Å². The number of nitrogens with one attached hydrogen (secondary N) is 1. The quantitative estimate of drug-likeness (QED) is 0.819. The van der Waals surface area contributed by atoms with E-state index in [9.17, 15) is 4.79 Å². The molecule has 0 spiro atoms. The minimum atomic E-state index is -0.0994. The first-order valence-corrected chi connectivity index (χ1v) is 6.22. The third-order valence-corrected chi connectivity index (χ3v) is 2.78. The van der Waals surface area contributed by atoms with E-state index in [1.54, 1.807) is 31.4 Å². The van der Waals surface area contributed by atoms with E-state index in [0.29, 0.717) is 23.7 Å². The first kappa shape index (κ1) is 15.0. The maximum atomic E-state index is 11.8. The number of methoxy groups -OCH3 is 1. The minimum Gasteiger partial charge on any atom is -0.383 e. The second-order valence-electron chi connectivity index (χ2n) is 4.06. The standard InChI is InChI=1S/C13H19ClN2O2/c1-16(8-9-18-2)7-6-15-13(17)11-4-3-5-12(14)10-11/h3-5,10H,6-9H2,1-2H3,(H,15,17). The summed E-state index contributed by atoms with van der Waals surface area (Å²) in [5.74, 6) is -0.0994. The number of carbonyl (C=O) groups is 1. The molecule has 0 radical (unpaired) electrons. The zero-order valence-electron chi connectivity index (χ0n) is 10.8. The number of hydrogen-bond acceptors (Lipinski definition) is 3. The highest BCUT2D eigenvalue weighted by Crippen LogP contribution is 2.10. The Morgan fingerprint density at radius 1 is 1.44 bits per heavy atom. The van der Waals surface area contributed by atoms with Gasteiger partial charge in [-0.15, -0.1) is 0 Å².